The highest BCUT2D eigenvalue weighted by atomic mass is 16.5. The van der Waals surface area contributed by atoms with Gasteiger partial charge in [-0.25, -0.2) is 0 Å². The first-order valence-electron chi connectivity index (χ1n) is 8.19. The van der Waals surface area contributed by atoms with Crippen molar-refractivity contribution in [3.8, 4) is 5.75 Å². The standard InChI is InChI=1S/C18H25NO2/c1-12(2)21-17-8-6-13(7-9-17)18(20)14-10-15-4-3-5-16(11-14)19-15/h6-9,12,14-16,19H,3-5,10-11H2,1-2H3. The van der Waals surface area contributed by atoms with Crippen LogP contribution in [0, 0.1) is 5.92 Å². The Bertz CT molecular complexity index is 482. The summed E-state index contributed by atoms with van der Waals surface area (Å²) in [5.41, 5.74) is 0.830. The number of benzene rings is 1. The molecule has 2 heterocycles. The Morgan fingerprint density at radius 1 is 1.14 bits per heavy atom. The van der Waals surface area contributed by atoms with Gasteiger partial charge in [0.15, 0.2) is 5.78 Å². The summed E-state index contributed by atoms with van der Waals surface area (Å²) in [7, 11) is 0. The van der Waals surface area contributed by atoms with Gasteiger partial charge in [-0.2, -0.15) is 0 Å². The van der Waals surface area contributed by atoms with Gasteiger partial charge in [-0.1, -0.05) is 6.42 Å². The smallest absolute Gasteiger partial charge is 0.166 e. The molecule has 0 aliphatic carbocycles. The Morgan fingerprint density at radius 2 is 1.76 bits per heavy atom. The van der Waals surface area contributed by atoms with Gasteiger partial charge in [0.25, 0.3) is 0 Å². The first kappa shape index (κ1) is 14.6. The number of ketones is 1. The summed E-state index contributed by atoms with van der Waals surface area (Å²) in [6, 6.07) is 8.75. The molecular weight excluding hydrogens is 262 g/mol. The third-order valence-corrected chi connectivity index (χ3v) is 4.60. The molecule has 0 radical (unpaired) electrons. The van der Waals surface area contributed by atoms with Gasteiger partial charge < -0.3 is 10.1 Å². The molecule has 2 fully saturated rings. The van der Waals surface area contributed by atoms with Crippen LogP contribution in [0.4, 0.5) is 0 Å². The molecule has 1 aromatic rings. The van der Waals surface area contributed by atoms with Crippen LogP contribution in [-0.2, 0) is 0 Å². The van der Waals surface area contributed by atoms with E-state index in [1.54, 1.807) is 0 Å². The van der Waals surface area contributed by atoms with E-state index in [1.807, 2.05) is 38.1 Å². The number of hydrogen-bond acceptors (Lipinski definition) is 3. The zero-order chi connectivity index (χ0) is 14.8. The van der Waals surface area contributed by atoms with Crippen molar-refractivity contribution >= 4 is 5.78 Å². The van der Waals surface area contributed by atoms with Crippen molar-refractivity contribution in [2.75, 3.05) is 0 Å². The van der Waals surface area contributed by atoms with Gasteiger partial charge >= 0.3 is 0 Å². The molecule has 1 aromatic carbocycles. The first-order chi connectivity index (χ1) is 10.1. The molecule has 3 heteroatoms. The van der Waals surface area contributed by atoms with E-state index in [2.05, 4.69) is 5.32 Å². The van der Waals surface area contributed by atoms with Gasteiger partial charge in [0.1, 0.15) is 5.75 Å². The maximum atomic E-state index is 12.7. The number of rotatable bonds is 4. The maximum absolute atomic E-state index is 12.7. The molecular formula is C18H25NO2. The minimum atomic E-state index is 0.162. The summed E-state index contributed by atoms with van der Waals surface area (Å²) < 4.78 is 5.63. The molecule has 0 spiro atoms. The van der Waals surface area contributed by atoms with E-state index in [4.69, 9.17) is 4.74 Å². The lowest BCUT2D eigenvalue weighted by atomic mass is 9.77. The maximum Gasteiger partial charge on any atom is 0.166 e. The van der Waals surface area contributed by atoms with Gasteiger partial charge in [0, 0.05) is 23.6 Å². The Balaban J connectivity index is 1.67. The molecule has 2 unspecified atom stereocenters. The highest BCUT2D eigenvalue weighted by molar-refractivity contribution is 5.98. The van der Waals surface area contributed by atoms with Crippen molar-refractivity contribution in [3.63, 3.8) is 0 Å². The Morgan fingerprint density at radius 3 is 2.33 bits per heavy atom. The average Bonchev–Trinajstić information content (AvgIpc) is 2.46. The minimum absolute atomic E-state index is 0.162. The fourth-order valence-electron chi connectivity index (χ4n) is 3.69. The summed E-state index contributed by atoms with van der Waals surface area (Å²) >= 11 is 0. The summed E-state index contributed by atoms with van der Waals surface area (Å²) in [5, 5.41) is 3.65. The molecule has 2 saturated heterocycles. The van der Waals surface area contributed by atoms with E-state index in [-0.39, 0.29) is 12.0 Å². The van der Waals surface area contributed by atoms with Crippen molar-refractivity contribution < 1.29 is 9.53 Å². The Kier molecular flexibility index (Phi) is 4.29. The van der Waals surface area contributed by atoms with E-state index in [0.717, 1.165) is 24.2 Å². The molecule has 3 nitrogen and oxygen atoms in total. The van der Waals surface area contributed by atoms with Gasteiger partial charge in [-0.15, -0.1) is 0 Å². The second-order valence-electron chi connectivity index (χ2n) is 6.71. The van der Waals surface area contributed by atoms with Crippen molar-refractivity contribution in [2.45, 2.75) is 64.1 Å². The van der Waals surface area contributed by atoms with E-state index in [9.17, 15) is 4.79 Å². The van der Waals surface area contributed by atoms with Crippen LogP contribution in [0.3, 0.4) is 0 Å². The predicted octanol–water partition coefficient (Wildman–Crippen LogP) is 3.58. The van der Waals surface area contributed by atoms with Crippen LogP contribution in [0.2, 0.25) is 0 Å². The topological polar surface area (TPSA) is 38.3 Å². The number of carbonyl (C=O) groups excluding carboxylic acids is 1. The number of hydrogen-bond donors (Lipinski definition) is 1. The molecule has 3 rings (SSSR count). The van der Waals surface area contributed by atoms with Crippen LogP contribution in [0.15, 0.2) is 24.3 Å². The fraction of sp³-hybridized carbons (Fsp3) is 0.611. The van der Waals surface area contributed by atoms with Crippen LogP contribution >= 0.6 is 0 Å². The molecule has 0 saturated carbocycles. The predicted molar refractivity (Wildman–Crippen MR) is 83.8 cm³/mol. The lowest BCUT2D eigenvalue weighted by Gasteiger charge is -2.39. The van der Waals surface area contributed by atoms with Gasteiger partial charge in [-0.05, 0) is 63.8 Å². The van der Waals surface area contributed by atoms with E-state index < -0.39 is 0 Å². The summed E-state index contributed by atoms with van der Waals surface area (Å²) in [6.07, 6.45) is 5.92. The number of piperidine rings is 2. The second kappa shape index (κ2) is 6.18. The monoisotopic (exact) mass is 287 g/mol. The highest BCUT2D eigenvalue weighted by Gasteiger charge is 2.34. The van der Waals surface area contributed by atoms with Crippen LogP contribution in [0.1, 0.15) is 56.3 Å². The van der Waals surface area contributed by atoms with Gasteiger partial charge in [0.2, 0.25) is 0 Å². The molecule has 0 amide bonds. The molecule has 0 aromatic heterocycles. The molecule has 2 aliphatic rings. The van der Waals surface area contributed by atoms with Crippen molar-refractivity contribution in [2.24, 2.45) is 5.92 Å². The quantitative estimate of drug-likeness (QED) is 0.860. The van der Waals surface area contributed by atoms with Crippen LogP contribution < -0.4 is 10.1 Å². The molecule has 21 heavy (non-hydrogen) atoms. The number of ether oxygens (including phenoxy) is 1. The Hall–Kier alpha value is -1.35. The second-order valence-corrected chi connectivity index (χ2v) is 6.71. The zero-order valence-corrected chi connectivity index (χ0v) is 13.0. The summed E-state index contributed by atoms with van der Waals surface area (Å²) in [5.74, 6) is 1.34. The molecule has 114 valence electrons. The average molecular weight is 287 g/mol. The van der Waals surface area contributed by atoms with Crippen LogP contribution in [0.25, 0.3) is 0 Å². The van der Waals surface area contributed by atoms with E-state index in [1.165, 1.54) is 19.3 Å². The zero-order valence-electron chi connectivity index (χ0n) is 13.0. The molecule has 2 atom stereocenters. The van der Waals surface area contributed by atoms with Crippen molar-refractivity contribution in [1.29, 1.82) is 0 Å². The molecule has 2 aliphatic heterocycles. The van der Waals surface area contributed by atoms with Crippen LogP contribution in [-0.4, -0.2) is 24.0 Å². The van der Waals surface area contributed by atoms with Gasteiger partial charge in [0.05, 0.1) is 6.10 Å². The SMILES string of the molecule is CC(C)Oc1ccc(C(=O)C2CC3CCCC(C2)N3)cc1. The molecule has 1 N–H and O–H groups in total. The summed E-state index contributed by atoms with van der Waals surface area (Å²) in [6.45, 7) is 4.01. The number of fused-ring (bicyclic) bond motifs is 2. The highest BCUT2D eigenvalue weighted by Crippen LogP contribution is 2.32. The van der Waals surface area contributed by atoms with Crippen molar-refractivity contribution in [3.05, 3.63) is 29.8 Å². The third kappa shape index (κ3) is 3.46. The fourth-order valence-corrected chi connectivity index (χ4v) is 3.69. The first-order valence-corrected chi connectivity index (χ1v) is 8.19. The summed E-state index contributed by atoms with van der Waals surface area (Å²) in [4.78, 5) is 12.7. The van der Waals surface area contributed by atoms with E-state index >= 15 is 0 Å². The normalized spacial score (nSPS) is 28.4. The Labute approximate surface area is 127 Å². The van der Waals surface area contributed by atoms with Crippen molar-refractivity contribution in [1.82, 2.24) is 5.32 Å². The number of carbonyl (C=O) groups is 1. The largest absolute Gasteiger partial charge is 0.491 e. The van der Waals surface area contributed by atoms with Gasteiger partial charge in [-0.3, -0.25) is 4.79 Å². The van der Waals surface area contributed by atoms with Crippen LogP contribution in [0.5, 0.6) is 5.75 Å². The van der Waals surface area contributed by atoms with E-state index in [0.29, 0.717) is 17.9 Å². The third-order valence-electron chi connectivity index (χ3n) is 4.60. The minimum Gasteiger partial charge on any atom is -0.491 e. The number of nitrogens with one attached hydrogen (secondary N) is 1. The lowest BCUT2D eigenvalue weighted by molar-refractivity contribution is 0.0825. The molecule has 2 bridgehead atoms. The number of Topliss-reactive ketones (excluding diaryl/α,β-unsaturated/α-hetero) is 1. The lowest BCUT2D eigenvalue weighted by Crippen LogP contribution is -2.50.